The van der Waals surface area contributed by atoms with Crippen LogP contribution in [0.1, 0.15) is 24.2 Å². The zero-order valence-electron chi connectivity index (χ0n) is 19.6. The average molecular weight is 524 g/mol. The number of hydrogen-bond acceptors (Lipinski definition) is 8. The van der Waals surface area contributed by atoms with Gasteiger partial charge in [0.2, 0.25) is 5.95 Å². The number of halogens is 3. The number of benzene rings is 2. The molecule has 0 unspecified atom stereocenters. The third-order valence-corrected chi connectivity index (χ3v) is 5.88. The molecule has 0 bridgehead atoms. The molecular formula is C23H24F3N5O4S. The van der Waals surface area contributed by atoms with Crippen LogP contribution < -0.4 is 15.4 Å². The first-order valence-corrected chi connectivity index (χ1v) is 11.7. The molecular weight excluding hydrogens is 499 g/mol. The van der Waals surface area contributed by atoms with Gasteiger partial charge >= 0.3 is 6.36 Å². The number of imidazole rings is 1. The summed E-state index contributed by atoms with van der Waals surface area (Å²) in [6.07, 6.45) is -4.77. The SMILES string of the molecule is Cn1c(Nc2nc3ccc(OC(F)(F)F)cc3s2)nc2cc(C(=O)NCCOCC(C)(C)O)ccc21. The molecule has 0 saturated heterocycles. The maximum Gasteiger partial charge on any atom is 0.573 e. The van der Waals surface area contributed by atoms with Crippen molar-refractivity contribution >= 4 is 49.6 Å². The quantitative estimate of drug-likeness (QED) is 0.280. The van der Waals surface area contributed by atoms with Crippen molar-refractivity contribution in [1.29, 1.82) is 0 Å². The molecule has 0 fully saturated rings. The summed E-state index contributed by atoms with van der Waals surface area (Å²) in [6.45, 7) is 3.99. The molecule has 2 heterocycles. The highest BCUT2D eigenvalue weighted by atomic mass is 32.1. The van der Waals surface area contributed by atoms with Crippen LogP contribution in [0.25, 0.3) is 21.3 Å². The maximum absolute atomic E-state index is 12.5. The Hall–Kier alpha value is -3.42. The number of aliphatic hydroxyl groups is 1. The minimum atomic E-state index is -4.77. The van der Waals surface area contributed by atoms with Gasteiger partial charge in [0, 0.05) is 25.2 Å². The first-order valence-electron chi connectivity index (χ1n) is 10.9. The van der Waals surface area contributed by atoms with Gasteiger partial charge in [0.25, 0.3) is 5.91 Å². The Morgan fingerprint density at radius 3 is 2.64 bits per heavy atom. The number of carbonyl (C=O) groups is 1. The number of aromatic nitrogens is 3. The molecule has 4 rings (SSSR count). The second-order valence-electron chi connectivity index (χ2n) is 8.64. The molecule has 1 amide bonds. The van der Waals surface area contributed by atoms with Gasteiger partial charge in [-0.3, -0.25) is 4.79 Å². The fraction of sp³-hybridized carbons (Fsp3) is 0.348. The van der Waals surface area contributed by atoms with Crippen molar-refractivity contribution in [3.63, 3.8) is 0 Å². The molecule has 192 valence electrons. The van der Waals surface area contributed by atoms with Gasteiger partial charge in [0.1, 0.15) is 5.75 Å². The monoisotopic (exact) mass is 523 g/mol. The van der Waals surface area contributed by atoms with Crippen molar-refractivity contribution in [2.45, 2.75) is 25.8 Å². The summed E-state index contributed by atoms with van der Waals surface area (Å²) >= 11 is 1.16. The fourth-order valence-corrected chi connectivity index (χ4v) is 4.25. The first kappa shape index (κ1) is 25.7. The Morgan fingerprint density at radius 2 is 1.92 bits per heavy atom. The van der Waals surface area contributed by atoms with Crippen LogP contribution in [0, 0.1) is 0 Å². The minimum Gasteiger partial charge on any atom is -0.406 e. The third kappa shape index (κ3) is 6.42. The van der Waals surface area contributed by atoms with Crippen LogP contribution in [-0.2, 0) is 11.8 Å². The van der Waals surface area contributed by atoms with Crippen LogP contribution in [0.2, 0.25) is 0 Å². The van der Waals surface area contributed by atoms with Gasteiger partial charge in [-0.05, 0) is 44.2 Å². The molecule has 0 saturated carbocycles. The molecule has 0 aliphatic heterocycles. The number of ether oxygens (including phenoxy) is 2. The Bertz CT molecular complexity index is 1390. The van der Waals surface area contributed by atoms with Crippen LogP contribution in [0.4, 0.5) is 24.3 Å². The number of rotatable bonds is 9. The summed E-state index contributed by atoms with van der Waals surface area (Å²) in [5, 5.41) is 15.9. The second kappa shape index (κ2) is 9.91. The van der Waals surface area contributed by atoms with E-state index in [9.17, 15) is 23.1 Å². The number of carbonyl (C=O) groups excluding carboxylic acids is 1. The van der Waals surface area contributed by atoms with Crippen LogP contribution >= 0.6 is 11.3 Å². The summed E-state index contributed by atoms with van der Waals surface area (Å²) in [4.78, 5) is 21.4. The molecule has 0 radical (unpaired) electrons. The number of aryl methyl sites for hydroxylation is 1. The van der Waals surface area contributed by atoms with E-state index in [2.05, 4.69) is 25.3 Å². The van der Waals surface area contributed by atoms with Crippen molar-refractivity contribution in [1.82, 2.24) is 19.9 Å². The molecule has 0 aliphatic rings. The second-order valence-corrected chi connectivity index (χ2v) is 9.67. The van der Waals surface area contributed by atoms with Crippen molar-refractivity contribution < 1.29 is 32.5 Å². The first-order chi connectivity index (χ1) is 16.9. The van der Waals surface area contributed by atoms with Gasteiger partial charge in [-0.1, -0.05) is 11.3 Å². The third-order valence-electron chi connectivity index (χ3n) is 4.94. The lowest BCUT2D eigenvalue weighted by molar-refractivity contribution is -0.274. The number of amides is 1. The van der Waals surface area contributed by atoms with Crippen LogP contribution in [0.15, 0.2) is 36.4 Å². The lowest BCUT2D eigenvalue weighted by atomic mass is 10.2. The Balaban J connectivity index is 1.44. The van der Waals surface area contributed by atoms with E-state index in [-0.39, 0.29) is 31.4 Å². The predicted molar refractivity (Wildman–Crippen MR) is 130 cm³/mol. The number of alkyl halides is 3. The summed E-state index contributed by atoms with van der Waals surface area (Å²) < 4.78 is 49.1. The van der Waals surface area contributed by atoms with Gasteiger partial charge in [0.05, 0.1) is 40.1 Å². The minimum absolute atomic E-state index is 0.162. The molecule has 2 aromatic heterocycles. The summed E-state index contributed by atoms with van der Waals surface area (Å²) in [5.74, 6) is -0.150. The van der Waals surface area contributed by atoms with E-state index in [0.29, 0.717) is 32.4 Å². The molecule has 9 nitrogen and oxygen atoms in total. The van der Waals surface area contributed by atoms with Crippen LogP contribution in [0.3, 0.4) is 0 Å². The van der Waals surface area contributed by atoms with Gasteiger partial charge in [-0.25, -0.2) is 9.97 Å². The summed E-state index contributed by atoms with van der Waals surface area (Å²) in [5.41, 5.74) is 1.35. The predicted octanol–water partition coefficient (Wildman–Crippen LogP) is 4.34. The topological polar surface area (TPSA) is 111 Å². The Labute approximate surface area is 207 Å². The number of anilines is 2. The fourth-order valence-electron chi connectivity index (χ4n) is 3.36. The van der Waals surface area contributed by atoms with Gasteiger partial charge in [0.15, 0.2) is 5.13 Å². The highest BCUT2D eigenvalue weighted by Crippen LogP contribution is 2.33. The number of hydrogen-bond donors (Lipinski definition) is 3. The zero-order chi connectivity index (χ0) is 26.1. The lowest BCUT2D eigenvalue weighted by Crippen LogP contribution is -2.31. The standard InChI is InChI=1S/C23H24F3N5O4S/c1-22(2,33)12-34-9-8-27-19(32)13-4-7-17-16(10-13)28-20(31(17)3)30-21-29-15-6-5-14(11-18(15)36-21)35-23(24,25)26/h4-7,10-11,33H,8-9,12H2,1-3H3,(H,27,32)(H,28,29,30). The van der Waals surface area contributed by atoms with E-state index in [1.165, 1.54) is 18.2 Å². The number of thiazole rings is 1. The van der Waals surface area contributed by atoms with Crippen molar-refractivity contribution in [2.24, 2.45) is 7.05 Å². The highest BCUT2D eigenvalue weighted by molar-refractivity contribution is 7.22. The molecule has 0 aliphatic carbocycles. The van der Waals surface area contributed by atoms with Crippen molar-refractivity contribution in [3.8, 4) is 5.75 Å². The van der Waals surface area contributed by atoms with E-state index in [1.54, 1.807) is 43.7 Å². The zero-order valence-corrected chi connectivity index (χ0v) is 20.5. The molecule has 4 aromatic rings. The highest BCUT2D eigenvalue weighted by Gasteiger charge is 2.31. The Morgan fingerprint density at radius 1 is 1.14 bits per heavy atom. The Kier molecular flexibility index (Phi) is 7.07. The van der Waals surface area contributed by atoms with Crippen LogP contribution in [-0.4, -0.2) is 57.3 Å². The molecule has 13 heteroatoms. The van der Waals surface area contributed by atoms with E-state index in [0.717, 1.165) is 16.9 Å². The van der Waals surface area contributed by atoms with Gasteiger partial charge < -0.3 is 29.8 Å². The van der Waals surface area contributed by atoms with E-state index in [4.69, 9.17) is 4.74 Å². The van der Waals surface area contributed by atoms with Gasteiger partial charge in [-0.2, -0.15) is 0 Å². The van der Waals surface area contributed by atoms with E-state index < -0.39 is 12.0 Å². The largest absolute Gasteiger partial charge is 0.573 e. The molecule has 2 aromatic carbocycles. The van der Waals surface area contributed by atoms with E-state index >= 15 is 0 Å². The average Bonchev–Trinajstić information content (AvgIpc) is 3.31. The smallest absolute Gasteiger partial charge is 0.406 e. The summed E-state index contributed by atoms with van der Waals surface area (Å²) in [7, 11) is 1.79. The molecule has 3 N–H and O–H groups in total. The van der Waals surface area contributed by atoms with Crippen molar-refractivity contribution in [2.75, 3.05) is 25.1 Å². The van der Waals surface area contributed by atoms with Gasteiger partial charge in [-0.15, -0.1) is 13.2 Å². The molecule has 0 atom stereocenters. The number of fused-ring (bicyclic) bond motifs is 2. The lowest BCUT2D eigenvalue weighted by Gasteiger charge is -2.16. The normalized spacial score (nSPS) is 12.3. The maximum atomic E-state index is 12.5. The molecule has 0 spiro atoms. The number of nitrogens with zero attached hydrogens (tertiary/aromatic N) is 3. The molecule has 36 heavy (non-hydrogen) atoms. The van der Waals surface area contributed by atoms with E-state index in [1.807, 2.05) is 0 Å². The van der Waals surface area contributed by atoms with Crippen LogP contribution in [0.5, 0.6) is 5.75 Å². The summed E-state index contributed by atoms with van der Waals surface area (Å²) in [6, 6.07) is 9.05. The van der Waals surface area contributed by atoms with Crippen molar-refractivity contribution in [3.05, 3.63) is 42.0 Å². The number of nitrogens with one attached hydrogen (secondary N) is 2.